The summed E-state index contributed by atoms with van der Waals surface area (Å²) >= 11 is 0. The monoisotopic (exact) mass is 388 g/mol. The lowest BCUT2D eigenvalue weighted by Gasteiger charge is -2.55. The molecule has 1 atom stereocenters. The number of aromatic nitrogens is 1. The van der Waals surface area contributed by atoms with Crippen molar-refractivity contribution in [1.29, 1.82) is 0 Å². The third kappa shape index (κ3) is 2.82. The first-order chi connectivity index (χ1) is 13.7. The van der Waals surface area contributed by atoms with Crippen LogP contribution < -0.4 is 0 Å². The maximum Gasteiger partial charge on any atom is 0.256 e. The fourth-order valence-corrected chi connectivity index (χ4v) is 5.21. The number of nitrogens with zero attached hydrogens (tertiary/aromatic N) is 2. The maximum absolute atomic E-state index is 13.8. The molecule has 0 unspecified atom stereocenters. The molecule has 2 aromatic carbocycles. The molecule has 3 heteroatoms. The van der Waals surface area contributed by atoms with Crippen LogP contribution in [0.4, 0.5) is 0 Å². The molecule has 0 N–H and O–H groups in total. The lowest BCUT2D eigenvalue weighted by atomic mass is 9.55. The SMILES string of the molecule is CCN(C(=O)c1cn(C)c2ccccc12)[C@@H]1Cc2ccccc2C(C)(C)C1(C)C. The number of rotatable bonds is 3. The van der Waals surface area contributed by atoms with Gasteiger partial charge in [-0.2, -0.15) is 0 Å². The van der Waals surface area contributed by atoms with Crippen molar-refractivity contribution in [2.24, 2.45) is 12.5 Å². The summed E-state index contributed by atoms with van der Waals surface area (Å²) in [5.41, 5.74) is 4.59. The highest BCUT2D eigenvalue weighted by Gasteiger charge is 2.51. The van der Waals surface area contributed by atoms with Crippen molar-refractivity contribution in [3.63, 3.8) is 0 Å². The van der Waals surface area contributed by atoms with E-state index < -0.39 is 0 Å². The molecule has 3 nitrogen and oxygen atoms in total. The molecule has 29 heavy (non-hydrogen) atoms. The normalized spacial score (nSPS) is 19.7. The Kier molecular flexibility index (Phi) is 4.60. The van der Waals surface area contributed by atoms with Gasteiger partial charge in [0.15, 0.2) is 0 Å². The number of aryl methyl sites for hydroxylation is 1. The van der Waals surface area contributed by atoms with Gasteiger partial charge in [0.25, 0.3) is 5.91 Å². The molecule has 1 aliphatic rings. The van der Waals surface area contributed by atoms with Gasteiger partial charge >= 0.3 is 0 Å². The van der Waals surface area contributed by atoms with Crippen molar-refractivity contribution >= 4 is 16.8 Å². The number of amides is 1. The van der Waals surface area contributed by atoms with Gasteiger partial charge in [-0.3, -0.25) is 4.79 Å². The lowest BCUT2D eigenvalue weighted by Crippen LogP contribution is -2.58. The molecule has 1 aliphatic carbocycles. The van der Waals surface area contributed by atoms with E-state index in [0.29, 0.717) is 6.54 Å². The Labute approximate surface area is 174 Å². The molecular formula is C26H32N2O. The van der Waals surface area contributed by atoms with Gasteiger partial charge in [0.05, 0.1) is 5.56 Å². The van der Waals surface area contributed by atoms with Crippen LogP contribution in [0.5, 0.6) is 0 Å². The minimum Gasteiger partial charge on any atom is -0.350 e. The Morgan fingerprint density at radius 3 is 2.45 bits per heavy atom. The molecule has 0 aliphatic heterocycles. The van der Waals surface area contributed by atoms with Gasteiger partial charge in [0.2, 0.25) is 0 Å². The maximum atomic E-state index is 13.8. The number of carbonyl (C=O) groups excluding carboxylic acids is 1. The minimum atomic E-state index is -0.0579. The van der Waals surface area contributed by atoms with E-state index >= 15 is 0 Å². The van der Waals surface area contributed by atoms with Crippen molar-refractivity contribution in [2.75, 3.05) is 6.54 Å². The Bertz CT molecular complexity index is 1070. The molecule has 0 bridgehead atoms. The first-order valence-electron chi connectivity index (χ1n) is 10.6. The Hall–Kier alpha value is -2.55. The van der Waals surface area contributed by atoms with Crippen molar-refractivity contribution in [2.45, 2.75) is 52.5 Å². The van der Waals surface area contributed by atoms with E-state index in [9.17, 15) is 4.79 Å². The first kappa shape index (κ1) is 19.8. The Morgan fingerprint density at radius 1 is 1.07 bits per heavy atom. The van der Waals surface area contributed by atoms with E-state index in [1.54, 1.807) is 0 Å². The highest BCUT2D eigenvalue weighted by molar-refractivity contribution is 6.07. The van der Waals surface area contributed by atoms with Gasteiger partial charge in [0.1, 0.15) is 0 Å². The first-order valence-corrected chi connectivity index (χ1v) is 10.6. The zero-order chi connectivity index (χ0) is 21.0. The number of benzene rings is 2. The topological polar surface area (TPSA) is 25.2 Å². The summed E-state index contributed by atoms with van der Waals surface area (Å²) in [6.07, 6.45) is 2.89. The molecule has 152 valence electrons. The third-order valence-electron chi connectivity index (χ3n) is 7.65. The predicted molar refractivity (Wildman–Crippen MR) is 120 cm³/mol. The van der Waals surface area contributed by atoms with Gasteiger partial charge in [-0.1, -0.05) is 70.2 Å². The van der Waals surface area contributed by atoms with Crippen LogP contribution in [0, 0.1) is 5.41 Å². The van der Waals surface area contributed by atoms with Gasteiger partial charge in [-0.05, 0) is 41.4 Å². The zero-order valence-corrected chi connectivity index (χ0v) is 18.5. The zero-order valence-electron chi connectivity index (χ0n) is 18.5. The van der Waals surface area contributed by atoms with E-state index in [1.165, 1.54) is 11.1 Å². The summed E-state index contributed by atoms with van der Waals surface area (Å²) in [6.45, 7) is 12.1. The second kappa shape index (κ2) is 6.76. The van der Waals surface area contributed by atoms with Gasteiger partial charge in [-0.15, -0.1) is 0 Å². The van der Waals surface area contributed by atoms with Gasteiger partial charge in [0, 0.05) is 36.7 Å². The van der Waals surface area contributed by atoms with Crippen molar-refractivity contribution in [3.05, 3.63) is 71.4 Å². The predicted octanol–water partition coefficient (Wildman–Crippen LogP) is 5.57. The van der Waals surface area contributed by atoms with Crippen LogP contribution in [0.3, 0.4) is 0 Å². The molecule has 3 aromatic rings. The van der Waals surface area contributed by atoms with Gasteiger partial charge in [-0.25, -0.2) is 0 Å². The van der Waals surface area contributed by atoms with E-state index in [1.807, 2.05) is 25.4 Å². The van der Waals surface area contributed by atoms with Crippen molar-refractivity contribution in [3.8, 4) is 0 Å². The molecule has 1 heterocycles. The van der Waals surface area contributed by atoms with Crippen LogP contribution >= 0.6 is 0 Å². The number of hydrogen-bond donors (Lipinski definition) is 0. The van der Waals surface area contributed by atoms with E-state index in [4.69, 9.17) is 0 Å². The molecule has 4 rings (SSSR count). The molecule has 1 amide bonds. The quantitative estimate of drug-likeness (QED) is 0.576. The summed E-state index contributed by atoms with van der Waals surface area (Å²) in [5, 5.41) is 1.03. The second-order valence-corrected chi connectivity index (χ2v) is 9.49. The number of carbonyl (C=O) groups is 1. The second-order valence-electron chi connectivity index (χ2n) is 9.49. The summed E-state index contributed by atoms with van der Waals surface area (Å²) < 4.78 is 2.06. The van der Waals surface area contributed by atoms with Crippen LogP contribution in [0.25, 0.3) is 10.9 Å². The fourth-order valence-electron chi connectivity index (χ4n) is 5.21. The van der Waals surface area contributed by atoms with Crippen molar-refractivity contribution < 1.29 is 4.79 Å². The summed E-state index contributed by atoms with van der Waals surface area (Å²) in [5.74, 6) is 0.137. The number of likely N-dealkylation sites (N-methyl/N-ethyl adjacent to an activating group) is 1. The summed E-state index contributed by atoms with van der Waals surface area (Å²) in [7, 11) is 2.01. The number of hydrogen-bond acceptors (Lipinski definition) is 1. The van der Waals surface area contributed by atoms with Crippen LogP contribution in [0.2, 0.25) is 0 Å². The minimum absolute atomic E-state index is 0.0288. The fraction of sp³-hybridized carbons (Fsp3) is 0.423. The molecule has 1 aromatic heterocycles. The smallest absolute Gasteiger partial charge is 0.256 e. The average molecular weight is 389 g/mol. The molecule has 0 saturated heterocycles. The Balaban J connectivity index is 1.80. The van der Waals surface area contributed by atoms with Crippen molar-refractivity contribution in [1.82, 2.24) is 9.47 Å². The number of fused-ring (bicyclic) bond motifs is 2. The van der Waals surface area contributed by atoms with Crippen LogP contribution in [-0.4, -0.2) is 28.0 Å². The van der Waals surface area contributed by atoms with Gasteiger partial charge < -0.3 is 9.47 Å². The standard InChI is InChI=1S/C26H32N2O/c1-7-28(24(29)20-17-27(6)22-15-11-9-13-19(20)22)23-16-18-12-8-10-14-21(18)25(2,3)26(23,4)5/h8-15,17,23H,7,16H2,1-6H3/t23-/m1/s1. The average Bonchev–Trinajstić information content (AvgIpc) is 3.04. The lowest BCUT2D eigenvalue weighted by molar-refractivity contribution is 0.0216. The molecule has 0 fully saturated rings. The molecule has 0 radical (unpaired) electrons. The van der Waals surface area contributed by atoms with Crippen LogP contribution in [-0.2, 0) is 18.9 Å². The number of para-hydroxylation sites is 1. The molecule has 0 spiro atoms. The van der Waals surface area contributed by atoms with E-state index in [0.717, 1.165) is 22.9 Å². The third-order valence-corrected chi connectivity index (χ3v) is 7.65. The van der Waals surface area contributed by atoms with Crippen LogP contribution in [0.1, 0.15) is 56.1 Å². The molecule has 0 saturated carbocycles. The highest BCUT2D eigenvalue weighted by atomic mass is 16.2. The Morgan fingerprint density at radius 2 is 1.72 bits per heavy atom. The molecular weight excluding hydrogens is 356 g/mol. The summed E-state index contributed by atoms with van der Waals surface area (Å²) in [6, 6.07) is 17.1. The largest absolute Gasteiger partial charge is 0.350 e. The van der Waals surface area contributed by atoms with Crippen LogP contribution in [0.15, 0.2) is 54.7 Å². The van der Waals surface area contributed by atoms with E-state index in [2.05, 4.69) is 80.5 Å². The highest BCUT2D eigenvalue weighted by Crippen LogP contribution is 2.51. The summed E-state index contributed by atoms with van der Waals surface area (Å²) in [4.78, 5) is 15.9. The van der Waals surface area contributed by atoms with E-state index in [-0.39, 0.29) is 22.8 Å².